The van der Waals surface area contributed by atoms with Crippen LogP contribution in [0.1, 0.15) is 26.3 Å². The fourth-order valence-corrected chi connectivity index (χ4v) is 3.68. The number of benzene rings is 1. The largest absolute Gasteiger partial charge is 0.397 e. The van der Waals surface area contributed by atoms with Crippen LogP contribution in [0.25, 0.3) is 5.70 Å². The Hall–Kier alpha value is -1.96. The first kappa shape index (κ1) is 21.7. The molecule has 0 aliphatic carbocycles. The van der Waals surface area contributed by atoms with Crippen LogP contribution in [0.3, 0.4) is 0 Å². The number of nitrogens with two attached hydrogens (primary N) is 1. The lowest BCUT2D eigenvalue weighted by molar-refractivity contribution is -0.217. The Labute approximate surface area is 174 Å². The number of anilines is 2. The molecule has 0 spiro atoms. The van der Waals surface area contributed by atoms with Crippen LogP contribution >= 0.6 is 0 Å². The summed E-state index contributed by atoms with van der Waals surface area (Å²) in [5, 5.41) is 12.7. The molecule has 0 radical (unpaired) electrons. The van der Waals surface area contributed by atoms with Crippen molar-refractivity contribution in [2.24, 2.45) is 16.6 Å². The van der Waals surface area contributed by atoms with Crippen LogP contribution in [0.15, 0.2) is 24.4 Å². The third-order valence-corrected chi connectivity index (χ3v) is 5.53. The van der Waals surface area contributed by atoms with Crippen LogP contribution in [-0.2, 0) is 9.47 Å². The summed E-state index contributed by atoms with van der Waals surface area (Å²) < 4.78 is 11.5. The topological polar surface area (TPSA) is 83.2 Å². The van der Waals surface area contributed by atoms with E-state index in [0.29, 0.717) is 25.5 Å². The van der Waals surface area contributed by atoms with Crippen molar-refractivity contribution in [1.82, 2.24) is 5.32 Å². The summed E-state index contributed by atoms with van der Waals surface area (Å²) in [4.78, 5) is 4.35. The van der Waals surface area contributed by atoms with E-state index in [4.69, 9.17) is 15.2 Å². The molecular formula is C22H36N4O3. The molecule has 0 aromatic heterocycles. The Morgan fingerprint density at radius 1 is 1.28 bits per heavy atom. The average molecular weight is 405 g/mol. The van der Waals surface area contributed by atoms with E-state index >= 15 is 0 Å². The van der Waals surface area contributed by atoms with Crippen molar-refractivity contribution >= 4 is 17.1 Å². The number of hydrogen-bond acceptors (Lipinski definition) is 7. The second kappa shape index (κ2) is 8.42. The van der Waals surface area contributed by atoms with Gasteiger partial charge in [-0.2, -0.15) is 0 Å². The molecule has 1 aromatic carbocycles. The molecule has 2 saturated heterocycles. The summed E-state index contributed by atoms with van der Waals surface area (Å²) in [6.07, 6.45) is 1.57. The van der Waals surface area contributed by atoms with E-state index in [1.165, 1.54) is 0 Å². The highest BCUT2D eigenvalue weighted by Gasteiger charge is 2.38. The van der Waals surface area contributed by atoms with E-state index in [9.17, 15) is 5.11 Å². The fourth-order valence-electron chi connectivity index (χ4n) is 3.68. The zero-order valence-corrected chi connectivity index (χ0v) is 18.4. The third kappa shape index (κ3) is 5.15. The molecule has 29 heavy (non-hydrogen) atoms. The van der Waals surface area contributed by atoms with Crippen molar-refractivity contribution < 1.29 is 14.6 Å². The molecule has 2 aliphatic rings. The minimum absolute atomic E-state index is 0.00171. The van der Waals surface area contributed by atoms with Gasteiger partial charge in [0.1, 0.15) is 0 Å². The van der Waals surface area contributed by atoms with Crippen molar-refractivity contribution in [3.05, 3.63) is 30.0 Å². The summed E-state index contributed by atoms with van der Waals surface area (Å²) in [5.74, 6) is 0. The van der Waals surface area contributed by atoms with Gasteiger partial charge < -0.3 is 35.4 Å². The van der Waals surface area contributed by atoms with Crippen molar-refractivity contribution in [2.75, 3.05) is 63.4 Å². The summed E-state index contributed by atoms with van der Waals surface area (Å²) >= 11 is 0. The van der Waals surface area contributed by atoms with E-state index in [2.05, 4.69) is 54.1 Å². The molecule has 2 fully saturated rings. The third-order valence-electron chi connectivity index (χ3n) is 5.53. The molecule has 4 N–H and O–H groups in total. The fraction of sp³-hybridized carbons (Fsp3) is 0.636. The predicted molar refractivity (Wildman–Crippen MR) is 118 cm³/mol. The highest BCUT2D eigenvalue weighted by molar-refractivity contribution is 5.78. The molecule has 0 bridgehead atoms. The maximum Gasteiger partial charge on any atom is 0.174 e. The molecule has 0 unspecified atom stereocenters. The number of aliphatic hydroxyl groups excluding tert-OH is 1. The van der Waals surface area contributed by atoms with Gasteiger partial charge in [-0.1, -0.05) is 20.8 Å². The highest BCUT2D eigenvalue weighted by Crippen LogP contribution is 2.36. The summed E-state index contributed by atoms with van der Waals surface area (Å²) in [7, 11) is 4.03. The quantitative estimate of drug-likeness (QED) is 0.639. The Kier molecular flexibility index (Phi) is 6.31. The maximum atomic E-state index is 9.49. The number of aliphatic hydroxyl groups is 1. The lowest BCUT2D eigenvalue weighted by Gasteiger charge is -2.48. The van der Waals surface area contributed by atoms with Gasteiger partial charge in [-0.25, -0.2) is 0 Å². The minimum atomic E-state index is -0.255. The first-order valence-corrected chi connectivity index (χ1v) is 10.2. The molecule has 0 atom stereocenters. The molecule has 2 aliphatic heterocycles. The average Bonchev–Trinajstić information content (AvgIpc) is 2.66. The molecule has 7 heteroatoms. The van der Waals surface area contributed by atoms with Crippen LogP contribution in [-0.4, -0.2) is 64.9 Å². The van der Waals surface area contributed by atoms with Crippen molar-refractivity contribution in [3.8, 4) is 0 Å². The SMILES string of the molecule is CN(C)c1cc(N2CC(C)(CO)C2)ccc1/C(N)=C/NCC1OCC(C)(C)CO1. The number of nitrogens with one attached hydrogen (secondary N) is 1. The van der Waals surface area contributed by atoms with E-state index in [0.717, 1.165) is 30.0 Å². The maximum absolute atomic E-state index is 9.49. The van der Waals surface area contributed by atoms with Gasteiger partial charge in [-0.05, 0) is 18.2 Å². The Morgan fingerprint density at radius 2 is 1.93 bits per heavy atom. The molecular weight excluding hydrogens is 368 g/mol. The molecule has 0 amide bonds. The van der Waals surface area contributed by atoms with Crippen LogP contribution in [0.2, 0.25) is 0 Å². The minimum Gasteiger partial charge on any atom is -0.397 e. The van der Waals surface area contributed by atoms with Crippen molar-refractivity contribution in [1.29, 1.82) is 0 Å². The smallest absolute Gasteiger partial charge is 0.174 e. The lowest BCUT2D eigenvalue weighted by atomic mass is 9.82. The normalized spacial score (nSPS) is 21.6. The second-order valence-electron chi connectivity index (χ2n) is 9.64. The second-order valence-corrected chi connectivity index (χ2v) is 9.64. The van der Waals surface area contributed by atoms with Gasteiger partial charge >= 0.3 is 0 Å². The Bertz CT molecular complexity index is 732. The van der Waals surface area contributed by atoms with Gasteiger partial charge in [0.2, 0.25) is 0 Å². The first-order chi connectivity index (χ1) is 13.6. The zero-order chi connectivity index (χ0) is 21.2. The summed E-state index contributed by atoms with van der Waals surface area (Å²) in [5.41, 5.74) is 10.3. The van der Waals surface area contributed by atoms with Crippen LogP contribution in [0, 0.1) is 10.8 Å². The van der Waals surface area contributed by atoms with E-state index < -0.39 is 0 Å². The van der Waals surface area contributed by atoms with Crippen molar-refractivity contribution in [2.45, 2.75) is 27.1 Å². The lowest BCUT2D eigenvalue weighted by Crippen LogP contribution is -2.56. The zero-order valence-electron chi connectivity index (χ0n) is 18.4. The highest BCUT2D eigenvalue weighted by atomic mass is 16.7. The molecule has 2 heterocycles. The molecule has 1 aromatic rings. The van der Waals surface area contributed by atoms with Gasteiger partial charge in [-0.3, -0.25) is 0 Å². The molecule has 0 saturated carbocycles. The number of ether oxygens (including phenoxy) is 2. The van der Waals surface area contributed by atoms with E-state index in [-0.39, 0.29) is 23.7 Å². The molecule has 162 valence electrons. The van der Waals surface area contributed by atoms with Crippen LogP contribution < -0.4 is 20.9 Å². The standard InChI is InChI=1S/C22H36N4O3/c1-21(2)14-28-20(29-15-21)10-24-9-18(23)17-7-6-16(8-19(17)25(4)5)26-11-22(3,12-26)13-27/h6-9,20,24,27H,10-15,23H2,1-5H3/b18-9-. The van der Waals surface area contributed by atoms with Gasteiger partial charge in [0, 0.05) is 61.2 Å². The van der Waals surface area contributed by atoms with Crippen LogP contribution in [0.5, 0.6) is 0 Å². The monoisotopic (exact) mass is 404 g/mol. The van der Waals surface area contributed by atoms with Gasteiger partial charge in [0.15, 0.2) is 6.29 Å². The van der Waals surface area contributed by atoms with E-state index in [1.807, 2.05) is 20.3 Å². The van der Waals surface area contributed by atoms with Crippen molar-refractivity contribution in [3.63, 3.8) is 0 Å². The molecule has 7 nitrogen and oxygen atoms in total. The predicted octanol–water partition coefficient (Wildman–Crippen LogP) is 1.82. The summed E-state index contributed by atoms with van der Waals surface area (Å²) in [6.45, 7) is 10.2. The first-order valence-electron chi connectivity index (χ1n) is 10.2. The number of rotatable bonds is 7. The Balaban J connectivity index is 1.63. The summed E-state index contributed by atoms with van der Waals surface area (Å²) in [6, 6.07) is 6.31. The molecule has 3 rings (SSSR count). The van der Waals surface area contributed by atoms with E-state index in [1.54, 1.807) is 0 Å². The van der Waals surface area contributed by atoms with Gasteiger partial charge in [0.25, 0.3) is 0 Å². The number of hydrogen-bond donors (Lipinski definition) is 3. The van der Waals surface area contributed by atoms with Gasteiger partial charge in [0.05, 0.1) is 32.1 Å². The van der Waals surface area contributed by atoms with Crippen LogP contribution in [0.4, 0.5) is 11.4 Å². The Morgan fingerprint density at radius 3 is 2.52 bits per heavy atom. The van der Waals surface area contributed by atoms with Gasteiger partial charge in [-0.15, -0.1) is 0 Å². The number of nitrogens with zero attached hydrogens (tertiary/aromatic N) is 2.